The number of nitrogens with two attached hydrogens (primary N) is 1. The zero-order chi connectivity index (χ0) is 10.2. The van der Waals surface area contributed by atoms with Gasteiger partial charge in [-0.05, 0) is 37.8 Å². The lowest BCUT2D eigenvalue weighted by Crippen LogP contribution is -1.97. The van der Waals surface area contributed by atoms with Crippen LogP contribution >= 0.6 is 0 Å². The summed E-state index contributed by atoms with van der Waals surface area (Å²) >= 11 is 0. The summed E-state index contributed by atoms with van der Waals surface area (Å²) in [5.74, 6) is 0. The van der Waals surface area contributed by atoms with Gasteiger partial charge in [0.15, 0.2) is 0 Å². The summed E-state index contributed by atoms with van der Waals surface area (Å²) in [4.78, 5) is 0. The van der Waals surface area contributed by atoms with Gasteiger partial charge in [-0.25, -0.2) is 0 Å². The van der Waals surface area contributed by atoms with E-state index < -0.39 is 0 Å². The highest BCUT2D eigenvalue weighted by molar-refractivity contribution is 5.24. The van der Waals surface area contributed by atoms with Crippen molar-refractivity contribution in [1.29, 1.82) is 0 Å². The van der Waals surface area contributed by atoms with Crippen LogP contribution in [0.5, 0.6) is 0 Å². The molecule has 0 aliphatic heterocycles. The Morgan fingerprint density at radius 1 is 1.07 bits per heavy atom. The smallest absolute Gasteiger partial charge is 0.0313 e. The minimum Gasteiger partial charge on any atom is -0.399 e. The molecule has 0 radical (unpaired) electrons. The van der Waals surface area contributed by atoms with Crippen LogP contribution in [0.1, 0.15) is 44.9 Å². The SMILES string of the molecule is C=C/C=C(/N)C=C1CCCCCCC1. The Kier molecular flexibility index (Phi) is 5.13. The molecule has 1 aliphatic carbocycles. The summed E-state index contributed by atoms with van der Waals surface area (Å²) in [6.07, 6.45) is 15.0. The van der Waals surface area contributed by atoms with Gasteiger partial charge in [-0.3, -0.25) is 0 Å². The van der Waals surface area contributed by atoms with Crippen LogP contribution in [0.2, 0.25) is 0 Å². The van der Waals surface area contributed by atoms with Crippen LogP contribution in [0.4, 0.5) is 0 Å². The lowest BCUT2D eigenvalue weighted by atomic mass is 9.95. The quantitative estimate of drug-likeness (QED) is 0.662. The maximum Gasteiger partial charge on any atom is 0.0313 e. The molecule has 0 spiro atoms. The third-order valence-corrected chi connectivity index (χ3v) is 2.68. The average Bonchev–Trinajstić information content (AvgIpc) is 2.10. The van der Waals surface area contributed by atoms with Crippen molar-refractivity contribution in [2.75, 3.05) is 0 Å². The standard InChI is InChI=1S/C13H21N/c1-2-8-13(14)11-12-9-6-4-3-5-7-10-12/h2,8,11H,1,3-7,9-10,14H2/b13-8+. The van der Waals surface area contributed by atoms with Crippen molar-refractivity contribution in [2.24, 2.45) is 5.73 Å². The Morgan fingerprint density at radius 2 is 1.64 bits per heavy atom. The molecule has 0 heterocycles. The van der Waals surface area contributed by atoms with Gasteiger partial charge in [-0.2, -0.15) is 0 Å². The summed E-state index contributed by atoms with van der Waals surface area (Å²) in [6, 6.07) is 0. The maximum absolute atomic E-state index is 5.82. The summed E-state index contributed by atoms with van der Waals surface area (Å²) in [5, 5.41) is 0. The molecule has 1 nitrogen and oxygen atoms in total. The minimum absolute atomic E-state index is 0.843. The fraction of sp³-hybridized carbons (Fsp3) is 0.538. The summed E-state index contributed by atoms with van der Waals surface area (Å²) < 4.78 is 0. The Hall–Kier alpha value is -0.980. The Balaban J connectivity index is 2.54. The molecule has 0 amide bonds. The van der Waals surface area contributed by atoms with Crippen LogP contribution in [0.3, 0.4) is 0 Å². The highest BCUT2D eigenvalue weighted by Gasteiger charge is 2.02. The van der Waals surface area contributed by atoms with Crippen LogP contribution in [-0.2, 0) is 0 Å². The van der Waals surface area contributed by atoms with E-state index in [1.54, 1.807) is 6.08 Å². The molecule has 0 aromatic heterocycles. The lowest BCUT2D eigenvalue weighted by Gasteiger charge is -2.11. The second-order valence-electron chi connectivity index (χ2n) is 3.97. The number of rotatable bonds is 2. The largest absolute Gasteiger partial charge is 0.399 e. The van der Waals surface area contributed by atoms with E-state index in [0.29, 0.717) is 0 Å². The molecule has 0 atom stereocenters. The van der Waals surface area contributed by atoms with E-state index in [-0.39, 0.29) is 0 Å². The van der Waals surface area contributed by atoms with Crippen molar-refractivity contribution in [3.8, 4) is 0 Å². The third kappa shape index (κ3) is 4.31. The highest BCUT2D eigenvalue weighted by atomic mass is 14.5. The van der Waals surface area contributed by atoms with E-state index in [2.05, 4.69) is 12.7 Å². The van der Waals surface area contributed by atoms with Gasteiger partial charge in [0.2, 0.25) is 0 Å². The predicted molar refractivity (Wildman–Crippen MR) is 62.9 cm³/mol. The van der Waals surface area contributed by atoms with Crippen molar-refractivity contribution in [3.05, 3.63) is 36.1 Å². The van der Waals surface area contributed by atoms with Crippen LogP contribution < -0.4 is 5.73 Å². The van der Waals surface area contributed by atoms with E-state index >= 15 is 0 Å². The first-order valence-corrected chi connectivity index (χ1v) is 5.60. The van der Waals surface area contributed by atoms with E-state index in [0.717, 1.165) is 5.70 Å². The Morgan fingerprint density at radius 3 is 2.21 bits per heavy atom. The van der Waals surface area contributed by atoms with Crippen molar-refractivity contribution < 1.29 is 0 Å². The van der Waals surface area contributed by atoms with Crippen LogP contribution in [0.15, 0.2) is 36.1 Å². The summed E-state index contributed by atoms with van der Waals surface area (Å²) in [5.41, 5.74) is 8.18. The molecule has 1 aliphatic rings. The van der Waals surface area contributed by atoms with Gasteiger partial charge in [-0.15, -0.1) is 0 Å². The number of hydrogen-bond donors (Lipinski definition) is 1. The molecule has 1 rings (SSSR count). The Bertz CT molecular complexity index is 226. The monoisotopic (exact) mass is 191 g/mol. The third-order valence-electron chi connectivity index (χ3n) is 2.68. The van der Waals surface area contributed by atoms with Crippen molar-refractivity contribution in [3.63, 3.8) is 0 Å². The maximum atomic E-state index is 5.82. The molecule has 78 valence electrons. The molecular weight excluding hydrogens is 170 g/mol. The molecule has 2 N–H and O–H groups in total. The topological polar surface area (TPSA) is 26.0 Å². The lowest BCUT2D eigenvalue weighted by molar-refractivity contribution is 0.568. The predicted octanol–water partition coefficient (Wildman–Crippen LogP) is 3.69. The molecule has 1 heteroatoms. The fourth-order valence-corrected chi connectivity index (χ4v) is 1.92. The number of allylic oxidation sites excluding steroid dienone is 4. The molecule has 0 aromatic rings. The van der Waals surface area contributed by atoms with Crippen molar-refractivity contribution >= 4 is 0 Å². The molecule has 0 bridgehead atoms. The highest BCUT2D eigenvalue weighted by Crippen LogP contribution is 2.21. The van der Waals surface area contributed by atoms with Gasteiger partial charge in [0.25, 0.3) is 0 Å². The van der Waals surface area contributed by atoms with Crippen LogP contribution in [0, 0.1) is 0 Å². The van der Waals surface area contributed by atoms with E-state index in [4.69, 9.17) is 5.73 Å². The zero-order valence-electron chi connectivity index (χ0n) is 8.97. The van der Waals surface area contributed by atoms with Crippen molar-refractivity contribution in [1.82, 2.24) is 0 Å². The van der Waals surface area contributed by atoms with E-state index in [1.807, 2.05) is 6.08 Å². The van der Waals surface area contributed by atoms with Gasteiger partial charge < -0.3 is 5.73 Å². The molecule has 0 saturated heterocycles. The average molecular weight is 191 g/mol. The van der Waals surface area contributed by atoms with Gasteiger partial charge in [0.05, 0.1) is 0 Å². The van der Waals surface area contributed by atoms with Gasteiger partial charge in [-0.1, -0.05) is 37.5 Å². The van der Waals surface area contributed by atoms with Gasteiger partial charge in [0.1, 0.15) is 0 Å². The van der Waals surface area contributed by atoms with Crippen molar-refractivity contribution in [2.45, 2.75) is 44.9 Å². The summed E-state index contributed by atoms with van der Waals surface area (Å²) in [7, 11) is 0. The first-order chi connectivity index (χ1) is 6.83. The molecule has 0 unspecified atom stereocenters. The second-order valence-corrected chi connectivity index (χ2v) is 3.97. The molecule has 1 saturated carbocycles. The second kappa shape index (κ2) is 6.47. The van der Waals surface area contributed by atoms with Crippen LogP contribution in [0.25, 0.3) is 0 Å². The Labute approximate surface area is 87.4 Å². The summed E-state index contributed by atoms with van der Waals surface area (Å²) in [6.45, 7) is 3.64. The van der Waals surface area contributed by atoms with Gasteiger partial charge >= 0.3 is 0 Å². The molecule has 0 aromatic carbocycles. The normalized spacial score (nSPS) is 19.7. The molecular formula is C13H21N. The fourth-order valence-electron chi connectivity index (χ4n) is 1.92. The van der Waals surface area contributed by atoms with E-state index in [1.165, 1.54) is 50.5 Å². The number of hydrogen-bond acceptors (Lipinski definition) is 1. The first kappa shape index (κ1) is 11.1. The zero-order valence-corrected chi connectivity index (χ0v) is 8.97. The molecule has 1 fully saturated rings. The minimum atomic E-state index is 0.843. The molecule has 14 heavy (non-hydrogen) atoms. The first-order valence-electron chi connectivity index (χ1n) is 5.60. The van der Waals surface area contributed by atoms with Crippen LogP contribution in [-0.4, -0.2) is 0 Å². The van der Waals surface area contributed by atoms with Gasteiger partial charge in [0, 0.05) is 5.70 Å². The van der Waals surface area contributed by atoms with E-state index in [9.17, 15) is 0 Å².